The van der Waals surface area contributed by atoms with Gasteiger partial charge in [-0.15, -0.1) is 0 Å². The number of amides is 1. The molecule has 1 aliphatic heterocycles. The predicted molar refractivity (Wildman–Crippen MR) is 99.3 cm³/mol. The van der Waals surface area contributed by atoms with Gasteiger partial charge >= 0.3 is 5.97 Å². The molecule has 7 heteroatoms. The van der Waals surface area contributed by atoms with Crippen molar-refractivity contribution < 1.29 is 14.7 Å². The maximum absolute atomic E-state index is 13.0. The van der Waals surface area contributed by atoms with E-state index < -0.39 is 5.97 Å². The third-order valence-corrected chi connectivity index (χ3v) is 4.76. The minimum absolute atomic E-state index is 0.0557. The second-order valence-corrected chi connectivity index (χ2v) is 6.71. The molecule has 138 valence electrons. The highest BCUT2D eigenvalue weighted by Gasteiger charge is 2.22. The highest BCUT2D eigenvalue weighted by Crippen LogP contribution is 2.18. The second kappa shape index (κ2) is 7.19. The van der Waals surface area contributed by atoms with Gasteiger partial charge in [0.2, 0.25) is 0 Å². The molecule has 1 aromatic carbocycles. The van der Waals surface area contributed by atoms with Crippen LogP contribution in [-0.2, 0) is 24.3 Å². The molecule has 1 aliphatic rings. The first-order chi connectivity index (χ1) is 13.1. The average Bonchev–Trinajstić information content (AvgIpc) is 2.95. The Hall–Kier alpha value is -3.22. The highest BCUT2D eigenvalue weighted by atomic mass is 16.4. The first-order valence-electron chi connectivity index (χ1n) is 9.02. The van der Waals surface area contributed by atoms with Gasteiger partial charge in [0.25, 0.3) is 5.91 Å². The lowest BCUT2D eigenvalue weighted by Gasteiger charge is -2.19. The Morgan fingerprint density at radius 2 is 1.96 bits per heavy atom. The standard InChI is InChI=1S/C20H20N4O3/c25-19(26)9-7-15-12-16-13-23(10-3-11-24(16)22-15)20(27)18-8-6-14-4-1-2-5-17(14)21-18/h1-2,4-6,8,12H,3,7,9-11,13H2,(H,25,26). The second-order valence-electron chi connectivity index (χ2n) is 6.71. The summed E-state index contributed by atoms with van der Waals surface area (Å²) in [6.45, 7) is 1.81. The molecule has 0 bridgehead atoms. The van der Waals surface area contributed by atoms with Gasteiger partial charge in [-0.3, -0.25) is 14.3 Å². The number of aryl methyl sites for hydroxylation is 2. The summed E-state index contributed by atoms with van der Waals surface area (Å²) in [5.41, 5.74) is 2.93. The van der Waals surface area contributed by atoms with Crippen molar-refractivity contribution in [1.29, 1.82) is 0 Å². The van der Waals surface area contributed by atoms with Crippen LogP contribution in [0, 0.1) is 0 Å². The van der Waals surface area contributed by atoms with Crippen molar-refractivity contribution in [1.82, 2.24) is 19.7 Å². The number of benzene rings is 1. The van der Waals surface area contributed by atoms with E-state index in [1.165, 1.54) is 0 Å². The van der Waals surface area contributed by atoms with Crippen molar-refractivity contribution in [3.8, 4) is 0 Å². The van der Waals surface area contributed by atoms with Crippen molar-refractivity contribution in [2.45, 2.75) is 32.4 Å². The van der Waals surface area contributed by atoms with E-state index in [0.717, 1.165) is 35.3 Å². The van der Waals surface area contributed by atoms with Crippen molar-refractivity contribution in [3.05, 3.63) is 59.5 Å². The van der Waals surface area contributed by atoms with Crippen LogP contribution in [0.4, 0.5) is 0 Å². The molecule has 7 nitrogen and oxygen atoms in total. The molecule has 0 saturated carbocycles. The minimum atomic E-state index is -0.836. The molecule has 2 aromatic heterocycles. The Morgan fingerprint density at radius 3 is 2.81 bits per heavy atom. The van der Waals surface area contributed by atoms with Crippen molar-refractivity contribution in [2.24, 2.45) is 0 Å². The molecule has 27 heavy (non-hydrogen) atoms. The monoisotopic (exact) mass is 364 g/mol. The van der Waals surface area contributed by atoms with Crippen LogP contribution in [-0.4, -0.2) is 43.2 Å². The average molecular weight is 364 g/mol. The third-order valence-electron chi connectivity index (χ3n) is 4.76. The molecule has 3 aromatic rings. The van der Waals surface area contributed by atoms with Crippen LogP contribution in [0.2, 0.25) is 0 Å². The lowest BCUT2D eigenvalue weighted by Crippen LogP contribution is -2.31. The van der Waals surface area contributed by atoms with Crippen molar-refractivity contribution >= 4 is 22.8 Å². The fourth-order valence-electron chi connectivity index (χ4n) is 3.40. The number of carbonyl (C=O) groups excluding carboxylic acids is 1. The zero-order chi connectivity index (χ0) is 18.8. The summed E-state index contributed by atoms with van der Waals surface area (Å²) in [7, 11) is 0. The van der Waals surface area contributed by atoms with E-state index in [4.69, 9.17) is 5.11 Å². The van der Waals surface area contributed by atoms with E-state index in [1.807, 2.05) is 41.1 Å². The van der Waals surface area contributed by atoms with Crippen LogP contribution in [0.5, 0.6) is 0 Å². The summed E-state index contributed by atoms with van der Waals surface area (Å²) < 4.78 is 1.89. The lowest BCUT2D eigenvalue weighted by molar-refractivity contribution is -0.136. The van der Waals surface area contributed by atoms with Gasteiger partial charge in [-0.05, 0) is 24.6 Å². The summed E-state index contributed by atoms with van der Waals surface area (Å²) >= 11 is 0. The number of aromatic nitrogens is 3. The van der Waals surface area contributed by atoms with E-state index in [1.54, 1.807) is 11.0 Å². The number of hydrogen-bond acceptors (Lipinski definition) is 4. The van der Waals surface area contributed by atoms with E-state index in [0.29, 0.717) is 25.2 Å². The number of carboxylic acids is 1. The maximum Gasteiger partial charge on any atom is 0.303 e. The normalized spacial score (nSPS) is 14.0. The lowest BCUT2D eigenvalue weighted by atomic mass is 10.2. The zero-order valence-electron chi connectivity index (χ0n) is 14.8. The Morgan fingerprint density at radius 1 is 1.11 bits per heavy atom. The summed E-state index contributed by atoms with van der Waals surface area (Å²) in [6, 6.07) is 13.3. The highest BCUT2D eigenvalue weighted by molar-refractivity contribution is 5.94. The van der Waals surface area contributed by atoms with Crippen LogP contribution in [0.15, 0.2) is 42.5 Å². The first-order valence-corrected chi connectivity index (χ1v) is 9.02. The number of nitrogens with zero attached hydrogens (tertiary/aromatic N) is 4. The molecule has 0 unspecified atom stereocenters. The minimum Gasteiger partial charge on any atom is -0.481 e. The number of para-hydroxylation sites is 1. The molecule has 4 rings (SSSR count). The number of carboxylic acid groups (broad SMARTS) is 1. The van der Waals surface area contributed by atoms with Gasteiger partial charge in [0.05, 0.1) is 29.9 Å². The SMILES string of the molecule is O=C(O)CCc1cc2n(n1)CCCN(C(=O)c1ccc3ccccc3n1)C2. The summed E-state index contributed by atoms with van der Waals surface area (Å²) in [6.07, 6.45) is 1.25. The van der Waals surface area contributed by atoms with Crippen LogP contribution in [0.25, 0.3) is 10.9 Å². The summed E-state index contributed by atoms with van der Waals surface area (Å²) in [4.78, 5) is 30.1. The maximum atomic E-state index is 13.0. The van der Waals surface area contributed by atoms with E-state index >= 15 is 0 Å². The van der Waals surface area contributed by atoms with Crippen molar-refractivity contribution in [2.75, 3.05) is 6.54 Å². The van der Waals surface area contributed by atoms with Gasteiger partial charge in [0.15, 0.2) is 0 Å². The number of rotatable bonds is 4. The number of fused-ring (bicyclic) bond motifs is 2. The molecule has 0 atom stereocenters. The van der Waals surface area contributed by atoms with Crippen LogP contribution in [0.3, 0.4) is 0 Å². The van der Waals surface area contributed by atoms with E-state index in [9.17, 15) is 9.59 Å². The Kier molecular flexibility index (Phi) is 4.58. The topological polar surface area (TPSA) is 88.3 Å². The van der Waals surface area contributed by atoms with Crippen LogP contribution >= 0.6 is 0 Å². The molecular weight excluding hydrogens is 344 g/mol. The Balaban J connectivity index is 1.54. The fraction of sp³-hybridized carbons (Fsp3) is 0.300. The van der Waals surface area contributed by atoms with Gasteiger partial charge in [-0.25, -0.2) is 4.98 Å². The number of aliphatic carboxylic acids is 1. The van der Waals surface area contributed by atoms with Crippen LogP contribution < -0.4 is 0 Å². The third kappa shape index (κ3) is 3.67. The van der Waals surface area contributed by atoms with E-state index in [-0.39, 0.29) is 12.3 Å². The molecule has 1 N–H and O–H groups in total. The smallest absolute Gasteiger partial charge is 0.303 e. The molecule has 0 radical (unpaired) electrons. The molecule has 0 aliphatic carbocycles. The molecule has 3 heterocycles. The largest absolute Gasteiger partial charge is 0.481 e. The predicted octanol–water partition coefficient (Wildman–Crippen LogP) is 2.49. The number of hydrogen-bond donors (Lipinski definition) is 1. The van der Waals surface area contributed by atoms with Gasteiger partial charge in [-0.1, -0.05) is 24.3 Å². The van der Waals surface area contributed by atoms with Gasteiger partial charge in [-0.2, -0.15) is 5.10 Å². The van der Waals surface area contributed by atoms with Gasteiger partial charge < -0.3 is 10.0 Å². The Labute approximate surface area is 156 Å². The fourth-order valence-corrected chi connectivity index (χ4v) is 3.40. The molecule has 0 fully saturated rings. The van der Waals surface area contributed by atoms with Crippen molar-refractivity contribution in [3.63, 3.8) is 0 Å². The zero-order valence-corrected chi connectivity index (χ0v) is 14.8. The summed E-state index contributed by atoms with van der Waals surface area (Å²) in [5, 5.41) is 14.3. The molecule has 0 saturated heterocycles. The molecular formula is C20H20N4O3. The van der Waals surface area contributed by atoms with Crippen LogP contribution in [0.1, 0.15) is 34.7 Å². The number of carbonyl (C=O) groups is 2. The summed E-state index contributed by atoms with van der Waals surface area (Å²) in [5.74, 6) is -0.931. The molecule has 0 spiro atoms. The molecule has 1 amide bonds. The van der Waals surface area contributed by atoms with Gasteiger partial charge in [0, 0.05) is 24.9 Å². The van der Waals surface area contributed by atoms with Gasteiger partial charge in [0.1, 0.15) is 5.69 Å². The quantitative estimate of drug-likeness (QED) is 0.768. The van der Waals surface area contributed by atoms with E-state index in [2.05, 4.69) is 10.1 Å². The Bertz CT molecular complexity index is 1010. The first kappa shape index (κ1) is 17.2. The number of pyridine rings is 1.